The van der Waals surface area contributed by atoms with Gasteiger partial charge in [0.25, 0.3) is 0 Å². The van der Waals surface area contributed by atoms with Crippen molar-refractivity contribution in [1.82, 2.24) is 4.98 Å². The van der Waals surface area contributed by atoms with Crippen LogP contribution >= 0.6 is 0 Å². The molecule has 48 heavy (non-hydrogen) atoms. The van der Waals surface area contributed by atoms with Crippen LogP contribution in [0.15, 0.2) is 82.9 Å². The Labute approximate surface area is 301 Å². The van der Waals surface area contributed by atoms with Crippen LogP contribution in [0.4, 0.5) is 0 Å². The summed E-state index contributed by atoms with van der Waals surface area (Å²) in [6.45, 7) is 19.3. The molecule has 0 fully saturated rings. The molecule has 0 spiro atoms. The van der Waals surface area contributed by atoms with Crippen LogP contribution in [-0.4, -0.2) is 16.8 Å². The minimum absolute atomic E-state index is 0. The molecular formula is C43H50IrN2O2-2. The number of carbonyl (C=O) groups excluding carboxylic acids is 1. The first-order valence-corrected chi connectivity index (χ1v) is 17.4. The van der Waals surface area contributed by atoms with Crippen molar-refractivity contribution >= 4 is 27.7 Å². The Morgan fingerprint density at radius 2 is 1.60 bits per heavy atom. The van der Waals surface area contributed by atoms with E-state index in [1.807, 2.05) is 24.3 Å². The van der Waals surface area contributed by atoms with E-state index in [1.165, 1.54) is 27.5 Å². The fourth-order valence-electron chi connectivity index (χ4n) is 7.12. The average Bonchev–Trinajstić information content (AvgIpc) is 3.55. The summed E-state index contributed by atoms with van der Waals surface area (Å²) in [5.74, 6) is 1.83. The number of hydrogen-bond donors (Lipinski definition) is 0. The zero-order valence-corrected chi connectivity index (χ0v) is 32.4. The molecule has 0 amide bonds. The van der Waals surface area contributed by atoms with Crippen molar-refractivity contribution in [3.05, 3.63) is 107 Å². The number of allylic oxidation sites excluding steroid dienone is 2. The summed E-state index contributed by atoms with van der Waals surface area (Å²) in [7, 11) is 0. The number of aromatic nitrogens is 1. The molecule has 3 aromatic carbocycles. The van der Waals surface area contributed by atoms with E-state index >= 15 is 0 Å². The number of fused-ring (bicyclic) bond motifs is 6. The summed E-state index contributed by atoms with van der Waals surface area (Å²) >= 11 is 0. The standard InChI is InChI=1S/C27H20NO.C16H31NO.Ir/c1-16-11-13-21-17(15-16)12-14-22(28-21)18-8-6-9-20-24(18)27(2,3)25-19-7-4-5-10-23(19)29-26(20)25;1-7-13(8-2)15(17-12(5)6)11-16(18)14(9-3)10-4;/h4-7,9-15H,1-3H3;11-14H,7-10H2,1-6H3,(H,17,18);/q-1;;/p-1. The van der Waals surface area contributed by atoms with E-state index in [9.17, 15) is 4.79 Å². The van der Waals surface area contributed by atoms with Gasteiger partial charge in [-0.25, -0.2) is 0 Å². The minimum Gasteiger partial charge on any atom is -0.685 e. The van der Waals surface area contributed by atoms with Crippen LogP contribution in [0.5, 0.6) is 0 Å². The summed E-state index contributed by atoms with van der Waals surface area (Å²) in [4.78, 5) is 17.2. The quantitative estimate of drug-likeness (QED) is 0.104. The van der Waals surface area contributed by atoms with Gasteiger partial charge >= 0.3 is 0 Å². The molecule has 0 saturated heterocycles. The van der Waals surface area contributed by atoms with Crippen LogP contribution in [0.3, 0.4) is 0 Å². The van der Waals surface area contributed by atoms with E-state index in [4.69, 9.17) is 9.40 Å². The van der Waals surface area contributed by atoms with Gasteiger partial charge in [0.15, 0.2) is 5.78 Å². The van der Waals surface area contributed by atoms with Gasteiger partial charge in [-0.05, 0) is 66.5 Å². The number of furan rings is 1. The summed E-state index contributed by atoms with van der Waals surface area (Å²) in [6, 6.07) is 26.8. The molecule has 0 N–H and O–H groups in total. The van der Waals surface area contributed by atoms with E-state index in [1.54, 1.807) is 0 Å². The molecule has 2 heterocycles. The minimum atomic E-state index is -0.186. The molecule has 0 saturated carbocycles. The number of aryl methyl sites for hydroxylation is 1. The first kappa shape index (κ1) is 37.3. The summed E-state index contributed by atoms with van der Waals surface area (Å²) in [5, 5.41) is 7.01. The third-order valence-electron chi connectivity index (χ3n) is 9.68. The Kier molecular flexibility index (Phi) is 12.3. The number of ketones is 1. The van der Waals surface area contributed by atoms with Crippen molar-refractivity contribution in [2.24, 2.45) is 11.8 Å². The van der Waals surface area contributed by atoms with Crippen molar-refractivity contribution in [2.75, 3.05) is 0 Å². The van der Waals surface area contributed by atoms with E-state index in [-0.39, 0.29) is 43.3 Å². The molecule has 0 atom stereocenters. The van der Waals surface area contributed by atoms with Crippen LogP contribution in [0.2, 0.25) is 0 Å². The van der Waals surface area contributed by atoms with Gasteiger partial charge in [0, 0.05) is 37.0 Å². The first-order valence-electron chi connectivity index (χ1n) is 17.4. The molecule has 0 aliphatic heterocycles. The van der Waals surface area contributed by atoms with Gasteiger partial charge in [-0.3, -0.25) is 9.78 Å². The molecule has 4 nitrogen and oxygen atoms in total. The number of nitrogens with zero attached hydrogens (tertiary/aromatic N) is 2. The molecule has 5 aromatic rings. The molecule has 1 radical (unpaired) electrons. The molecule has 0 unspecified atom stereocenters. The third kappa shape index (κ3) is 7.38. The maximum Gasteiger partial charge on any atom is 0.157 e. The third-order valence-corrected chi connectivity index (χ3v) is 9.68. The number of carbonyl (C=O) groups is 1. The Hall–Kier alpha value is -3.53. The maximum atomic E-state index is 12.2. The van der Waals surface area contributed by atoms with Crippen molar-refractivity contribution in [2.45, 2.75) is 99.5 Å². The number of para-hydroxylation sites is 1. The summed E-state index contributed by atoms with van der Waals surface area (Å²) in [5.41, 5.74) is 9.71. The number of rotatable bonds is 10. The zero-order valence-electron chi connectivity index (χ0n) is 30.0. The van der Waals surface area contributed by atoms with Gasteiger partial charge in [-0.15, -0.1) is 35.4 Å². The molecule has 0 bridgehead atoms. The summed E-state index contributed by atoms with van der Waals surface area (Å²) in [6.07, 6.45) is 5.76. The van der Waals surface area contributed by atoms with E-state index in [0.29, 0.717) is 5.92 Å². The Balaban J connectivity index is 0.000000240. The van der Waals surface area contributed by atoms with Crippen LogP contribution in [0.1, 0.15) is 97.8 Å². The fourth-order valence-corrected chi connectivity index (χ4v) is 7.12. The molecule has 2 aromatic heterocycles. The SMILES string of the molecule is CCC(CC)C(=O)/C=C(\[N-]C(C)C)C(CC)CC.Cc1ccc2nc(-c3[c-]ccc4c3C(C)(C)c3c-4oc4ccccc34)ccc2c1.[Ir]. The van der Waals surface area contributed by atoms with Crippen LogP contribution in [0, 0.1) is 24.8 Å². The van der Waals surface area contributed by atoms with Gasteiger partial charge < -0.3 is 9.73 Å². The van der Waals surface area contributed by atoms with Gasteiger partial charge in [0.2, 0.25) is 0 Å². The number of pyridine rings is 1. The van der Waals surface area contributed by atoms with Gasteiger partial charge in [0.1, 0.15) is 11.3 Å². The topological polar surface area (TPSA) is 57.2 Å². The second kappa shape index (κ2) is 15.8. The van der Waals surface area contributed by atoms with Crippen LogP contribution in [-0.2, 0) is 30.3 Å². The average molecular weight is 819 g/mol. The van der Waals surface area contributed by atoms with Crippen molar-refractivity contribution in [3.8, 4) is 22.6 Å². The van der Waals surface area contributed by atoms with E-state index < -0.39 is 0 Å². The molecule has 5 heteroatoms. The second-order valence-corrected chi connectivity index (χ2v) is 13.7. The Bertz CT molecular complexity index is 1910. The van der Waals surface area contributed by atoms with Gasteiger partial charge in [-0.1, -0.05) is 116 Å². The number of hydrogen-bond acceptors (Lipinski definition) is 3. The predicted octanol–water partition coefficient (Wildman–Crippen LogP) is 12.2. The molecule has 1 aliphatic carbocycles. The van der Waals surface area contributed by atoms with Crippen LogP contribution < -0.4 is 0 Å². The van der Waals surface area contributed by atoms with Crippen LogP contribution in [0.25, 0.3) is 49.8 Å². The molecule has 255 valence electrons. The Morgan fingerprint density at radius 1 is 0.917 bits per heavy atom. The fraction of sp³-hybridized carbons (Fsp3) is 0.395. The van der Waals surface area contributed by atoms with Crippen molar-refractivity contribution in [3.63, 3.8) is 0 Å². The smallest absolute Gasteiger partial charge is 0.157 e. The normalized spacial score (nSPS) is 13.4. The van der Waals surface area contributed by atoms with Crippen molar-refractivity contribution in [1.29, 1.82) is 0 Å². The van der Waals surface area contributed by atoms with E-state index in [2.05, 4.69) is 122 Å². The monoisotopic (exact) mass is 819 g/mol. The largest absolute Gasteiger partial charge is 0.685 e. The maximum absolute atomic E-state index is 12.2. The molecule has 6 rings (SSSR count). The van der Waals surface area contributed by atoms with Crippen molar-refractivity contribution < 1.29 is 29.3 Å². The first-order chi connectivity index (χ1) is 22.5. The summed E-state index contributed by atoms with van der Waals surface area (Å²) < 4.78 is 6.31. The number of benzene rings is 3. The van der Waals surface area contributed by atoms with Gasteiger partial charge in [-0.2, -0.15) is 5.70 Å². The van der Waals surface area contributed by atoms with Gasteiger partial charge in [0.05, 0.1) is 5.52 Å². The Morgan fingerprint density at radius 3 is 2.27 bits per heavy atom. The second-order valence-electron chi connectivity index (χ2n) is 13.7. The predicted molar refractivity (Wildman–Crippen MR) is 198 cm³/mol. The molecule has 1 aliphatic rings. The zero-order chi connectivity index (χ0) is 33.9. The molecular weight excluding hydrogens is 769 g/mol. The van der Waals surface area contributed by atoms with E-state index in [0.717, 1.165) is 65.1 Å².